The summed E-state index contributed by atoms with van der Waals surface area (Å²) in [6, 6.07) is 4.39. The lowest BCUT2D eigenvalue weighted by Gasteiger charge is -2.44. The van der Waals surface area contributed by atoms with Gasteiger partial charge in [0.2, 0.25) is 0 Å². The smallest absolute Gasteiger partial charge is 0.253 e. The first kappa shape index (κ1) is 17.7. The third-order valence-electron chi connectivity index (χ3n) is 4.89. The Morgan fingerprint density at radius 3 is 2.36 bits per heavy atom. The van der Waals surface area contributed by atoms with Crippen molar-refractivity contribution >= 4 is 34.2 Å². The van der Waals surface area contributed by atoms with Crippen LogP contribution in [0, 0.1) is 11.2 Å². The van der Waals surface area contributed by atoms with Gasteiger partial charge in [-0.3, -0.25) is 4.79 Å². The number of nitrogens with one attached hydrogen (secondary N) is 1. The third-order valence-corrected chi connectivity index (χ3v) is 5.34. The van der Waals surface area contributed by atoms with Crippen molar-refractivity contribution in [1.29, 1.82) is 0 Å². The van der Waals surface area contributed by atoms with Gasteiger partial charge in [0.25, 0.3) is 5.91 Å². The van der Waals surface area contributed by atoms with E-state index in [9.17, 15) is 9.18 Å². The number of carbonyl (C=O) groups excluding carboxylic acids is 1. The van der Waals surface area contributed by atoms with E-state index < -0.39 is 0 Å². The first-order chi connectivity index (χ1) is 10.1. The molecule has 0 radical (unpaired) electrons. The van der Waals surface area contributed by atoms with E-state index in [1.54, 1.807) is 6.07 Å². The van der Waals surface area contributed by atoms with E-state index in [0.29, 0.717) is 15.5 Å². The Bertz CT molecular complexity index is 519. The predicted octanol–water partition coefficient (Wildman–Crippen LogP) is 3.62. The number of rotatable bonds is 1. The molecule has 2 saturated heterocycles. The minimum Gasteiger partial charge on any atom is -0.339 e. The maximum atomic E-state index is 13.4. The second-order valence-electron chi connectivity index (χ2n) is 6.20. The van der Waals surface area contributed by atoms with Crippen LogP contribution in [0.25, 0.3) is 0 Å². The molecule has 1 amide bonds. The molecule has 2 heterocycles. The molecule has 0 unspecified atom stereocenters. The summed E-state index contributed by atoms with van der Waals surface area (Å²) >= 11 is 3.25. The number of hydrogen-bond donors (Lipinski definition) is 1. The molecule has 22 heavy (non-hydrogen) atoms. The Kier molecular flexibility index (Phi) is 5.86. The lowest BCUT2D eigenvalue weighted by molar-refractivity contribution is 0.0495. The number of hydrogen-bond acceptors (Lipinski definition) is 2. The van der Waals surface area contributed by atoms with Gasteiger partial charge in [0.05, 0.1) is 0 Å². The zero-order chi connectivity index (χ0) is 14.9. The fourth-order valence-electron chi connectivity index (χ4n) is 3.50. The molecule has 0 aliphatic carbocycles. The zero-order valence-electron chi connectivity index (χ0n) is 12.4. The van der Waals surface area contributed by atoms with Crippen molar-refractivity contribution < 1.29 is 9.18 Å². The van der Waals surface area contributed by atoms with Crippen LogP contribution in [-0.4, -0.2) is 37.0 Å². The van der Waals surface area contributed by atoms with E-state index >= 15 is 0 Å². The lowest BCUT2D eigenvalue weighted by atomic mass is 9.71. The van der Waals surface area contributed by atoms with Gasteiger partial charge in [0.15, 0.2) is 0 Å². The molecule has 0 saturated carbocycles. The topological polar surface area (TPSA) is 32.3 Å². The Labute approximate surface area is 145 Å². The Morgan fingerprint density at radius 2 is 1.77 bits per heavy atom. The highest BCUT2D eigenvalue weighted by atomic mass is 79.9. The van der Waals surface area contributed by atoms with E-state index in [4.69, 9.17) is 0 Å². The van der Waals surface area contributed by atoms with Gasteiger partial charge in [-0.05, 0) is 62.4 Å². The summed E-state index contributed by atoms with van der Waals surface area (Å²) in [6.07, 6.45) is 4.55. The maximum absolute atomic E-state index is 13.4. The summed E-state index contributed by atoms with van der Waals surface area (Å²) in [6.45, 7) is 3.75. The van der Waals surface area contributed by atoms with Crippen LogP contribution >= 0.6 is 28.3 Å². The molecule has 3 rings (SSSR count). The Hall–Kier alpha value is -0.650. The summed E-state index contributed by atoms with van der Waals surface area (Å²) in [4.78, 5) is 14.4. The van der Waals surface area contributed by atoms with E-state index in [-0.39, 0.29) is 24.1 Å². The zero-order valence-corrected chi connectivity index (χ0v) is 14.8. The summed E-state index contributed by atoms with van der Waals surface area (Å²) in [7, 11) is 0. The summed E-state index contributed by atoms with van der Waals surface area (Å²) in [5.41, 5.74) is 0.855. The molecule has 1 N–H and O–H groups in total. The highest BCUT2D eigenvalue weighted by Crippen LogP contribution is 2.39. The molecule has 1 aromatic rings. The minimum absolute atomic E-state index is 0. The van der Waals surface area contributed by atoms with Gasteiger partial charge in [-0.1, -0.05) is 15.9 Å². The molecule has 0 aromatic heterocycles. The minimum atomic E-state index is -0.375. The van der Waals surface area contributed by atoms with Gasteiger partial charge in [-0.2, -0.15) is 0 Å². The van der Waals surface area contributed by atoms with Gasteiger partial charge in [0.1, 0.15) is 5.82 Å². The number of likely N-dealkylation sites (tertiary alicyclic amines) is 1. The van der Waals surface area contributed by atoms with Crippen molar-refractivity contribution in [3.8, 4) is 0 Å². The van der Waals surface area contributed by atoms with Crippen molar-refractivity contribution in [3.63, 3.8) is 0 Å². The molecule has 6 heteroatoms. The number of piperidine rings is 2. The second kappa shape index (κ2) is 7.28. The van der Waals surface area contributed by atoms with Crippen LogP contribution in [0.15, 0.2) is 22.7 Å². The predicted molar refractivity (Wildman–Crippen MR) is 91.0 cm³/mol. The van der Waals surface area contributed by atoms with Crippen LogP contribution in [-0.2, 0) is 0 Å². The van der Waals surface area contributed by atoms with Crippen molar-refractivity contribution in [2.24, 2.45) is 5.41 Å². The van der Waals surface area contributed by atoms with Crippen LogP contribution in [0.2, 0.25) is 0 Å². The average molecular weight is 392 g/mol. The van der Waals surface area contributed by atoms with Crippen LogP contribution in [0.1, 0.15) is 36.0 Å². The Balaban J connectivity index is 0.00000176. The molecule has 0 atom stereocenters. The second-order valence-corrected chi connectivity index (χ2v) is 7.12. The molecule has 0 bridgehead atoms. The van der Waals surface area contributed by atoms with Gasteiger partial charge in [-0.15, -0.1) is 12.4 Å². The summed E-state index contributed by atoms with van der Waals surface area (Å²) in [5, 5.41) is 3.40. The first-order valence-electron chi connectivity index (χ1n) is 7.54. The molecule has 2 aliphatic rings. The van der Waals surface area contributed by atoms with Crippen molar-refractivity contribution in [2.75, 3.05) is 26.2 Å². The number of carbonyl (C=O) groups is 1. The number of nitrogens with zero attached hydrogens (tertiary/aromatic N) is 1. The highest BCUT2D eigenvalue weighted by Gasteiger charge is 2.36. The number of halogens is 3. The third kappa shape index (κ3) is 3.81. The SMILES string of the molecule is Cl.O=C(c1cc(F)cc(Br)c1)N1CCC2(CCNCC2)CC1. The number of benzene rings is 1. The fourth-order valence-corrected chi connectivity index (χ4v) is 3.97. The van der Waals surface area contributed by atoms with E-state index in [0.717, 1.165) is 39.0 Å². The summed E-state index contributed by atoms with van der Waals surface area (Å²) in [5.74, 6) is -0.432. The van der Waals surface area contributed by atoms with E-state index in [2.05, 4.69) is 21.2 Å². The van der Waals surface area contributed by atoms with Gasteiger partial charge < -0.3 is 10.2 Å². The monoisotopic (exact) mass is 390 g/mol. The van der Waals surface area contributed by atoms with Crippen LogP contribution in [0.3, 0.4) is 0 Å². The van der Waals surface area contributed by atoms with Gasteiger partial charge in [-0.25, -0.2) is 4.39 Å². The normalized spacial score (nSPS) is 20.5. The molecule has 122 valence electrons. The Morgan fingerprint density at radius 1 is 1.14 bits per heavy atom. The molecule has 2 fully saturated rings. The fraction of sp³-hybridized carbons (Fsp3) is 0.562. The molecular formula is C16H21BrClFN2O. The van der Waals surface area contributed by atoms with Gasteiger partial charge >= 0.3 is 0 Å². The highest BCUT2D eigenvalue weighted by molar-refractivity contribution is 9.10. The van der Waals surface area contributed by atoms with Crippen LogP contribution < -0.4 is 5.32 Å². The molecule has 1 spiro atoms. The number of amides is 1. The first-order valence-corrected chi connectivity index (χ1v) is 8.33. The molecule has 2 aliphatic heterocycles. The van der Waals surface area contributed by atoms with Gasteiger partial charge in [0, 0.05) is 23.1 Å². The van der Waals surface area contributed by atoms with Crippen molar-refractivity contribution in [3.05, 3.63) is 34.1 Å². The molecular weight excluding hydrogens is 371 g/mol. The van der Waals surface area contributed by atoms with Crippen LogP contribution in [0.5, 0.6) is 0 Å². The van der Waals surface area contributed by atoms with Crippen LogP contribution in [0.4, 0.5) is 4.39 Å². The largest absolute Gasteiger partial charge is 0.339 e. The van der Waals surface area contributed by atoms with E-state index in [1.807, 2.05) is 4.90 Å². The quantitative estimate of drug-likeness (QED) is 0.793. The van der Waals surface area contributed by atoms with E-state index in [1.165, 1.54) is 25.0 Å². The average Bonchev–Trinajstić information content (AvgIpc) is 2.47. The lowest BCUT2D eigenvalue weighted by Crippen LogP contribution is -2.47. The standard InChI is InChI=1S/C16H20BrFN2O.ClH/c17-13-9-12(10-14(18)11-13)15(21)20-7-3-16(4-8-20)1-5-19-6-2-16;/h9-11,19H,1-8H2;1H. The molecule has 1 aromatic carbocycles. The molecule has 3 nitrogen and oxygen atoms in total. The summed E-state index contributed by atoms with van der Waals surface area (Å²) < 4.78 is 14.0. The maximum Gasteiger partial charge on any atom is 0.253 e. The van der Waals surface area contributed by atoms with Crippen molar-refractivity contribution in [1.82, 2.24) is 10.2 Å². The van der Waals surface area contributed by atoms with Crippen molar-refractivity contribution in [2.45, 2.75) is 25.7 Å².